The molecule has 1 saturated heterocycles. The number of rotatable bonds is 7. The summed E-state index contributed by atoms with van der Waals surface area (Å²) in [6, 6.07) is 10.1. The first kappa shape index (κ1) is 28.8. The van der Waals surface area contributed by atoms with Crippen LogP contribution in [0.3, 0.4) is 0 Å². The second-order valence-corrected chi connectivity index (χ2v) is 11.9. The zero-order valence-corrected chi connectivity index (χ0v) is 24.5. The summed E-state index contributed by atoms with van der Waals surface area (Å²) in [7, 11) is -0.174. The lowest BCUT2D eigenvalue weighted by molar-refractivity contribution is 0.0336. The van der Waals surface area contributed by atoms with Gasteiger partial charge in [0, 0.05) is 49.9 Å². The molecule has 2 aromatic carbocycles. The van der Waals surface area contributed by atoms with Crippen molar-refractivity contribution >= 4 is 38.5 Å². The largest absolute Gasteiger partial charge is 0.493 e. The summed E-state index contributed by atoms with van der Waals surface area (Å²) in [5.74, 6) is -2.71. The Morgan fingerprint density at radius 2 is 1.63 bits per heavy atom. The zero-order valence-electron chi connectivity index (χ0n) is 23.7. The molecule has 0 radical (unpaired) electrons. The van der Waals surface area contributed by atoms with Crippen molar-refractivity contribution in [3.8, 4) is 11.5 Å². The third kappa shape index (κ3) is 4.75. The van der Waals surface area contributed by atoms with Gasteiger partial charge >= 0.3 is 6.03 Å². The fourth-order valence-electron chi connectivity index (χ4n) is 5.58. The van der Waals surface area contributed by atoms with Crippen molar-refractivity contribution in [1.29, 1.82) is 0 Å². The Labute approximate surface area is 246 Å². The van der Waals surface area contributed by atoms with Crippen molar-refractivity contribution in [3.05, 3.63) is 71.6 Å². The highest BCUT2D eigenvalue weighted by atomic mass is 32.2. The number of nitrogens with zero attached hydrogens (tertiary/aromatic N) is 5. The molecule has 0 spiro atoms. The highest BCUT2D eigenvalue weighted by Crippen LogP contribution is 2.43. The number of hydrogen-bond donors (Lipinski definition) is 0. The van der Waals surface area contributed by atoms with E-state index < -0.39 is 33.4 Å². The molecule has 0 unspecified atom stereocenters. The van der Waals surface area contributed by atoms with Crippen LogP contribution in [-0.4, -0.2) is 75.9 Å². The van der Waals surface area contributed by atoms with Crippen molar-refractivity contribution in [2.45, 2.75) is 18.0 Å². The molecule has 4 heterocycles. The zero-order chi connectivity index (χ0) is 30.5. The SMILES string of the molecule is COc1cc(OC)c(F)c(N2Cc3cnc4c(cc(CN5CCOCC5)n4S(=O)(=O)c4ccccc4)c3N(C)C2=O)c1F. The Kier molecular flexibility index (Phi) is 7.44. The van der Waals surface area contributed by atoms with Crippen LogP contribution in [0.15, 0.2) is 53.6 Å². The number of carbonyl (C=O) groups excluding carboxylic acids is 1. The van der Waals surface area contributed by atoms with E-state index in [0.717, 1.165) is 11.0 Å². The molecule has 0 N–H and O–H groups in total. The van der Waals surface area contributed by atoms with E-state index in [1.807, 2.05) is 0 Å². The van der Waals surface area contributed by atoms with E-state index in [0.29, 0.717) is 55.2 Å². The molecule has 0 aliphatic carbocycles. The van der Waals surface area contributed by atoms with Crippen LogP contribution in [-0.2, 0) is 27.8 Å². The Bertz CT molecular complexity index is 1800. The van der Waals surface area contributed by atoms with Crippen molar-refractivity contribution in [2.75, 3.05) is 57.4 Å². The minimum Gasteiger partial charge on any atom is -0.493 e. The topological polar surface area (TPSA) is 106 Å². The van der Waals surface area contributed by atoms with Crippen molar-refractivity contribution in [1.82, 2.24) is 13.9 Å². The van der Waals surface area contributed by atoms with Crippen LogP contribution in [0.4, 0.5) is 25.0 Å². The lowest BCUT2D eigenvalue weighted by atomic mass is 10.1. The van der Waals surface area contributed by atoms with Crippen molar-refractivity contribution in [3.63, 3.8) is 0 Å². The number of pyridine rings is 1. The minimum absolute atomic E-state index is 0.0868. The van der Waals surface area contributed by atoms with Gasteiger partial charge in [-0.05, 0) is 18.2 Å². The minimum atomic E-state index is -4.09. The molecule has 43 heavy (non-hydrogen) atoms. The van der Waals surface area contributed by atoms with Gasteiger partial charge < -0.3 is 14.2 Å². The normalized spacial score (nSPS) is 16.1. The van der Waals surface area contributed by atoms with E-state index >= 15 is 8.78 Å². The van der Waals surface area contributed by atoms with E-state index in [1.165, 1.54) is 48.5 Å². The molecule has 11 nitrogen and oxygen atoms in total. The van der Waals surface area contributed by atoms with E-state index in [9.17, 15) is 13.2 Å². The first-order chi connectivity index (χ1) is 20.7. The molecule has 2 aliphatic heterocycles. The van der Waals surface area contributed by atoms with E-state index in [4.69, 9.17) is 14.2 Å². The number of fused-ring (bicyclic) bond motifs is 3. The lowest BCUT2D eigenvalue weighted by Crippen LogP contribution is -2.46. The third-order valence-electron chi connectivity index (χ3n) is 7.68. The smallest absolute Gasteiger partial charge is 0.329 e. The molecule has 2 aliphatic rings. The molecular formula is C29H29F2N5O6S. The maximum Gasteiger partial charge on any atom is 0.329 e. The highest BCUT2D eigenvalue weighted by Gasteiger charge is 2.37. The molecule has 6 rings (SSSR count). The summed E-state index contributed by atoms with van der Waals surface area (Å²) in [4.78, 5) is 22.6. The maximum atomic E-state index is 15.4. The van der Waals surface area contributed by atoms with E-state index in [1.54, 1.807) is 24.3 Å². The molecular weight excluding hydrogens is 584 g/mol. The number of aromatic nitrogens is 2. The summed E-state index contributed by atoms with van der Waals surface area (Å²) in [5.41, 5.74) is 0.824. The molecule has 0 saturated carbocycles. The third-order valence-corrected chi connectivity index (χ3v) is 9.44. The van der Waals surface area contributed by atoms with Gasteiger partial charge in [-0.1, -0.05) is 18.2 Å². The molecule has 1 fully saturated rings. The van der Waals surface area contributed by atoms with E-state index in [2.05, 4.69) is 9.88 Å². The molecule has 226 valence electrons. The van der Waals surface area contributed by atoms with Crippen LogP contribution in [0, 0.1) is 11.6 Å². The van der Waals surface area contributed by atoms with Gasteiger partial charge in [-0.3, -0.25) is 14.7 Å². The predicted octanol–water partition coefficient (Wildman–Crippen LogP) is 3.98. The Morgan fingerprint density at radius 3 is 2.26 bits per heavy atom. The maximum absolute atomic E-state index is 15.4. The number of hydrogen-bond acceptors (Lipinski definition) is 8. The predicted molar refractivity (Wildman–Crippen MR) is 154 cm³/mol. The van der Waals surface area contributed by atoms with Gasteiger partial charge in [0.05, 0.1) is 50.3 Å². The van der Waals surface area contributed by atoms with Crippen molar-refractivity contribution in [2.24, 2.45) is 0 Å². The number of ether oxygens (including phenoxy) is 3. The number of carbonyl (C=O) groups is 1. The number of benzene rings is 2. The summed E-state index contributed by atoms with van der Waals surface area (Å²) in [6.45, 7) is 2.34. The van der Waals surface area contributed by atoms with Crippen LogP contribution < -0.4 is 19.3 Å². The van der Waals surface area contributed by atoms with Crippen LogP contribution >= 0.6 is 0 Å². The van der Waals surface area contributed by atoms with Crippen LogP contribution in [0.5, 0.6) is 11.5 Å². The van der Waals surface area contributed by atoms with Gasteiger partial charge in [0.15, 0.2) is 28.8 Å². The average molecular weight is 614 g/mol. The average Bonchev–Trinajstić information content (AvgIpc) is 3.39. The fourth-order valence-corrected chi connectivity index (χ4v) is 7.08. The van der Waals surface area contributed by atoms with Crippen LogP contribution in [0.2, 0.25) is 0 Å². The van der Waals surface area contributed by atoms with Gasteiger partial charge in [0.2, 0.25) is 0 Å². The highest BCUT2D eigenvalue weighted by molar-refractivity contribution is 7.90. The molecule has 2 amide bonds. The van der Waals surface area contributed by atoms with E-state index in [-0.39, 0.29) is 28.6 Å². The number of morpholine rings is 1. The number of methoxy groups -OCH3 is 2. The molecule has 0 bridgehead atoms. The van der Waals surface area contributed by atoms with Gasteiger partial charge in [0.1, 0.15) is 5.69 Å². The van der Waals surface area contributed by atoms with Gasteiger partial charge in [0.25, 0.3) is 10.0 Å². The molecule has 14 heteroatoms. The van der Waals surface area contributed by atoms with Gasteiger partial charge in [-0.25, -0.2) is 30.9 Å². The summed E-state index contributed by atoms with van der Waals surface area (Å²) in [5, 5.41) is 0.417. The Balaban J connectivity index is 1.52. The monoisotopic (exact) mass is 613 g/mol. The molecule has 0 atom stereocenters. The van der Waals surface area contributed by atoms with Crippen LogP contribution in [0.1, 0.15) is 11.3 Å². The van der Waals surface area contributed by atoms with Gasteiger partial charge in [-0.2, -0.15) is 0 Å². The number of urea groups is 1. The summed E-state index contributed by atoms with van der Waals surface area (Å²) < 4.78 is 75.6. The summed E-state index contributed by atoms with van der Waals surface area (Å²) >= 11 is 0. The quantitative estimate of drug-likeness (QED) is 0.308. The van der Waals surface area contributed by atoms with Crippen molar-refractivity contribution < 1.29 is 36.2 Å². The second-order valence-electron chi connectivity index (χ2n) is 10.2. The first-order valence-corrected chi connectivity index (χ1v) is 14.9. The van der Waals surface area contributed by atoms with Gasteiger partial charge in [-0.15, -0.1) is 0 Å². The lowest BCUT2D eigenvalue weighted by Gasteiger charge is -2.35. The summed E-state index contributed by atoms with van der Waals surface area (Å²) in [6.07, 6.45) is 1.43. The Hall–Kier alpha value is -4.27. The fraction of sp³-hybridized carbons (Fsp3) is 0.310. The van der Waals surface area contributed by atoms with Crippen LogP contribution in [0.25, 0.3) is 11.0 Å². The number of amides is 2. The molecule has 2 aromatic heterocycles. The number of halogens is 2. The number of anilines is 2. The second kappa shape index (κ2) is 11.1. The standard InChI is InChI=1S/C29H29F2N5O6S/c1-33-26-18(16-35(29(33)37)27-24(30)22(40-2)14-23(41-3)25(27)31)15-32-28-21(26)13-19(17-34-9-11-42-12-10-34)36(28)43(38,39)20-7-5-4-6-8-20/h4-8,13-15H,9-12,16-17H2,1-3H3. The first-order valence-electron chi connectivity index (χ1n) is 13.5. The Morgan fingerprint density at radius 1 is 0.977 bits per heavy atom. The molecule has 4 aromatic rings.